The minimum Gasteiger partial charge on any atom is -0.491 e. The van der Waals surface area contributed by atoms with Gasteiger partial charge in [0.25, 0.3) is 0 Å². The standard InChI is InChI=1S/C10H12F2O2S/c11-8-5-9(12)7-10(6-8)14-2-1-13-3-4-15/h5-7,15H,1-4H2. The van der Waals surface area contributed by atoms with Crippen LogP contribution in [0, 0.1) is 11.6 Å². The van der Waals surface area contributed by atoms with Crippen molar-refractivity contribution in [3.63, 3.8) is 0 Å². The fourth-order valence-electron chi connectivity index (χ4n) is 0.997. The van der Waals surface area contributed by atoms with E-state index in [-0.39, 0.29) is 12.4 Å². The molecule has 0 aliphatic rings. The molecule has 0 amide bonds. The first kappa shape index (κ1) is 12.3. The van der Waals surface area contributed by atoms with E-state index in [1.165, 1.54) is 0 Å². The lowest BCUT2D eigenvalue weighted by Gasteiger charge is -2.06. The van der Waals surface area contributed by atoms with Crippen molar-refractivity contribution in [3.8, 4) is 5.75 Å². The van der Waals surface area contributed by atoms with Crippen LogP contribution in [-0.4, -0.2) is 25.6 Å². The molecule has 0 aliphatic heterocycles. The Balaban J connectivity index is 2.31. The van der Waals surface area contributed by atoms with Crippen molar-refractivity contribution in [1.29, 1.82) is 0 Å². The third kappa shape index (κ3) is 4.99. The Bertz CT molecular complexity index is 287. The lowest BCUT2D eigenvalue weighted by atomic mass is 10.3. The molecule has 1 aromatic rings. The van der Waals surface area contributed by atoms with Crippen LogP contribution in [0.2, 0.25) is 0 Å². The van der Waals surface area contributed by atoms with E-state index >= 15 is 0 Å². The fourth-order valence-corrected chi connectivity index (χ4v) is 1.13. The van der Waals surface area contributed by atoms with E-state index in [1.807, 2.05) is 0 Å². The average Bonchev–Trinajstić information content (AvgIpc) is 2.16. The molecule has 0 atom stereocenters. The zero-order valence-corrected chi connectivity index (χ0v) is 8.97. The van der Waals surface area contributed by atoms with Crippen molar-refractivity contribution in [2.45, 2.75) is 0 Å². The lowest BCUT2D eigenvalue weighted by molar-refractivity contribution is 0.112. The maximum Gasteiger partial charge on any atom is 0.129 e. The van der Waals surface area contributed by atoms with Crippen molar-refractivity contribution < 1.29 is 18.3 Å². The molecule has 0 bridgehead atoms. The molecule has 0 radical (unpaired) electrons. The van der Waals surface area contributed by atoms with E-state index in [1.54, 1.807) is 0 Å². The molecule has 1 rings (SSSR count). The molecule has 0 aliphatic carbocycles. The normalized spacial score (nSPS) is 10.3. The van der Waals surface area contributed by atoms with Crippen molar-refractivity contribution in [1.82, 2.24) is 0 Å². The van der Waals surface area contributed by atoms with Crippen molar-refractivity contribution in [3.05, 3.63) is 29.8 Å². The van der Waals surface area contributed by atoms with Gasteiger partial charge in [-0.2, -0.15) is 12.6 Å². The molecule has 84 valence electrons. The Labute approximate surface area is 92.6 Å². The SMILES string of the molecule is Fc1cc(F)cc(OCCOCCS)c1. The van der Waals surface area contributed by atoms with Gasteiger partial charge in [-0.1, -0.05) is 0 Å². The average molecular weight is 234 g/mol. The molecule has 2 nitrogen and oxygen atoms in total. The first-order chi connectivity index (χ1) is 7.22. The Morgan fingerprint density at radius 1 is 1.00 bits per heavy atom. The summed E-state index contributed by atoms with van der Waals surface area (Å²) < 4.78 is 35.6. The number of ether oxygens (including phenoxy) is 2. The number of halogens is 2. The van der Waals surface area contributed by atoms with Gasteiger partial charge in [-0.25, -0.2) is 8.78 Å². The maximum atomic E-state index is 12.7. The number of thiol groups is 1. The van der Waals surface area contributed by atoms with Crippen LogP contribution in [0.1, 0.15) is 0 Å². The first-order valence-corrected chi connectivity index (χ1v) is 5.13. The minimum atomic E-state index is -0.652. The van der Waals surface area contributed by atoms with Crippen LogP contribution in [0.25, 0.3) is 0 Å². The van der Waals surface area contributed by atoms with Gasteiger partial charge in [-0.3, -0.25) is 0 Å². The van der Waals surface area contributed by atoms with Gasteiger partial charge in [0.2, 0.25) is 0 Å². The number of rotatable bonds is 6. The van der Waals surface area contributed by atoms with Crippen molar-refractivity contribution in [2.24, 2.45) is 0 Å². The van der Waals surface area contributed by atoms with Gasteiger partial charge in [0.1, 0.15) is 24.0 Å². The summed E-state index contributed by atoms with van der Waals surface area (Å²) in [6.45, 7) is 1.17. The molecule has 15 heavy (non-hydrogen) atoms. The van der Waals surface area contributed by atoms with E-state index in [4.69, 9.17) is 9.47 Å². The van der Waals surface area contributed by atoms with Crippen LogP contribution in [0.4, 0.5) is 8.78 Å². The molecule has 0 saturated heterocycles. The topological polar surface area (TPSA) is 18.5 Å². The minimum absolute atomic E-state index is 0.168. The monoisotopic (exact) mass is 234 g/mol. The molecule has 0 spiro atoms. The second kappa shape index (κ2) is 6.63. The molecule has 0 fully saturated rings. The molecule has 0 aromatic heterocycles. The molecule has 1 aromatic carbocycles. The number of benzene rings is 1. The van der Waals surface area contributed by atoms with Crippen LogP contribution in [-0.2, 0) is 4.74 Å². The van der Waals surface area contributed by atoms with Crippen molar-refractivity contribution in [2.75, 3.05) is 25.6 Å². The van der Waals surface area contributed by atoms with Crippen LogP contribution < -0.4 is 4.74 Å². The smallest absolute Gasteiger partial charge is 0.129 e. The van der Waals surface area contributed by atoms with E-state index in [0.29, 0.717) is 19.0 Å². The Morgan fingerprint density at radius 2 is 1.67 bits per heavy atom. The third-order valence-electron chi connectivity index (χ3n) is 1.57. The second-order valence-electron chi connectivity index (χ2n) is 2.79. The number of hydrogen-bond donors (Lipinski definition) is 1. The Kier molecular flexibility index (Phi) is 5.42. The molecule has 0 N–H and O–H groups in total. The third-order valence-corrected chi connectivity index (χ3v) is 1.75. The second-order valence-corrected chi connectivity index (χ2v) is 3.24. The number of hydrogen-bond acceptors (Lipinski definition) is 3. The quantitative estimate of drug-likeness (QED) is 0.601. The summed E-state index contributed by atoms with van der Waals surface area (Å²) in [6.07, 6.45) is 0. The van der Waals surface area contributed by atoms with Crippen LogP contribution in [0.3, 0.4) is 0 Å². The summed E-state index contributed by atoms with van der Waals surface area (Å²) >= 11 is 3.95. The highest BCUT2D eigenvalue weighted by Gasteiger charge is 2.00. The van der Waals surface area contributed by atoms with Crippen LogP contribution >= 0.6 is 12.6 Å². The van der Waals surface area contributed by atoms with Gasteiger partial charge in [0.05, 0.1) is 13.2 Å². The zero-order chi connectivity index (χ0) is 11.1. The van der Waals surface area contributed by atoms with Gasteiger partial charge < -0.3 is 9.47 Å². The largest absolute Gasteiger partial charge is 0.491 e. The zero-order valence-electron chi connectivity index (χ0n) is 8.08. The highest BCUT2D eigenvalue weighted by Crippen LogP contribution is 2.14. The first-order valence-electron chi connectivity index (χ1n) is 4.50. The predicted octanol–water partition coefficient (Wildman–Crippen LogP) is 2.29. The summed E-state index contributed by atoms with van der Waals surface area (Å²) in [6, 6.07) is 3.05. The van der Waals surface area contributed by atoms with Crippen molar-refractivity contribution >= 4 is 12.6 Å². The highest BCUT2D eigenvalue weighted by atomic mass is 32.1. The maximum absolute atomic E-state index is 12.7. The molecule has 0 unspecified atom stereocenters. The fraction of sp³-hybridized carbons (Fsp3) is 0.400. The summed E-state index contributed by atoms with van der Waals surface area (Å²) in [5.74, 6) is -0.501. The molecule has 0 heterocycles. The van der Waals surface area contributed by atoms with Crippen LogP contribution in [0.5, 0.6) is 5.75 Å². The van der Waals surface area contributed by atoms with Gasteiger partial charge >= 0.3 is 0 Å². The molecule has 0 saturated carbocycles. The Hall–Kier alpha value is -0.810. The van der Waals surface area contributed by atoms with E-state index in [2.05, 4.69) is 12.6 Å². The summed E-state index contributed by atoms with van der Waals surface area (Å²) in [5, 5.41) is 0. The summed E-state index contributed by atoms with van der Waals surface area (Å²) in [5.41, 5.74) is 0. The van der Waals surface area contributed by atoms with E-state index in [9.17, 15) is 8.78 Å². The van der Waals surface area contributed by atoms with Gasteiger partial charge in [0.15, 0.2) is 0 Å². The van der Waals surface area contributed by atoms with E-state index < -0.39 is 11.6 Å². The summed E-state index contributed by atoms with van der Waals surface area (Å²) in [4.78, 5) is 0. The molecule has 5 heteroatoms. The lowest BCUT2D eigenvalue weighted by Crippen LogP contribution is -2.08. The highest BCUT2D eigenvalue weighted by molar-refractivity contribution is 7.80. The van der Waals surface area contributed by atoms with Crippen LogP contribution in [0.15, 0.2) is 18.2 Å². The van der Waals surface area contributed by atoms with Gasteiger partial charge in [0, 0.05) is 24.0 Å². The Morgan fingerprint density at radius 3 is 2.27 bits per heavy atom. The predicted molar refractivity (Wildman–Crippen MR) is 56.5 cm³/mol. The molecular formula is C10H12F2O2S. The summed E-state index contributed by atoms with van der Waals surface area (Å²) in [7, 11) is 0. The van der Waals surface area contributed by atoms with Gasteiger partial charge in [-0.05, 0) is 0 Å². The molecular weight excluding hydrogens is 222 g/mol. The van der Waals surface area contributed by atoms with Gasteiger partial charge in [-0.15, -0.1) is 0 Å². The van der Waals surface area contributed by atoms with E-state index in [0.717, 1.165) is 18.2 Å².